The Morgan fingerprint density at radius 2 is 2.00 bits per heavy atom. The molecule has 0 aliphatic heterocycles. The fourth-order valence-corrected chi connectivity index (χ4v) is 2.26. The zero-order valence-corrected chi connectivity index (χ0v) is 12.6. The van der Waals surface area contributed by atoms with Gasteiger partial charge in [-0.05, 0) is 34.1 Å². The number of nitrogen functional groups attached to an aromatic ring is 1. The second-order valence-electron chi connectivity index (χ2n) is 4.16. The number of benzene rings is 2. The molecule has 5 heteroatoms. The lowest BCUT2D eigenvalue weighted by molar-refractivity contribution is 0.303. The summed E-state index contributed by atoms with van der Waals surface area (Å²) in [4.78, 5) is 0. The van der Waals surface area contributed by atoms with Crippen molar-refractivity contribution in [2.45, 2.75) is 6.61 Å². The van der Waals surface area contributed by atoms with Crippen molar-refractivity contribution in [3.05, 3.63) is 58.1 Å². The summed E-state index contributed by atoms with van der Waals surface area (Å²) in [5, 5.41) is 7.55. The molecule has 104 valence electrons. The Labute approximate surface area is 126 Å². The summed E-state index contributed by atoms with van der Waals surface area (Å²) in [6, 6.07) is 13.0. The van der Waals surface area contributed by atoms with E-state index < -0.39 is 0 Å². The zero-order valence-electron chi connectivity index (χ0n) is 11.0. The normalized spacial score (nSPS) is 10.1. The lowest BCUT2D eigenvalue weighted by Crippen LogP contribution is -2.14. The molecule has 2 aromatic rings. The number of hydrogen-bond acceptors (Lipinski definition) is 3. The summed E-state index contributed by atoms with van der Waals surface area (Å²) in [6.45, 7) is 0.348. The van der Waals surface area contributed by atoms with E-state index in [2.05, 4.69) is 15.9 Å². The fraction of sp³-hybridized carbons (Fsp3) is 0.133. The van der Waals surface area contributed by atoms with Gasteiger partial charge in [-0.15, -0.1) is 0 Å². The van der Waals surface area contributed by atoms with Gasteiger partial charge >= 0.3 is 0 Å². The maximum absolute atomic E-state index is 7.55. The van der Waals surface area contributed by atoms with Crippen molar-refractivity contribution >= 4 is 21.8 Å². The van der Waals surface area contributed by atoms with Crippen LogP contribution in [0.5, 0.6) is 11.5 Å². The van der Waals surface area contributed by atoms with E-state index in [1.54, 1.807) is 7.11 Å². The van der Waals surface area contributed by atoms with Crippen molar-refractivity contribution in [1.29, 1.82) is 5.41 Å². The monoisotopic (exact) mass is 334 g/mol. The van der Waals surface area contributed by atoms with Crippen LogP contribution in [0.4, 0.5) is 0 Å². The third kappa shape index (κ3) is 3.30. The number of methoxy groups -OCH3 is 1. The number of hydrogen-bond donors (Lipinski definition) is 2. The number of ether oxygens (including phenoxy) is 2. The fourth-order valence-electron chi connectivity index (χ4n) is 1.79. The minimum Gasteiger partial charge on any atom is -0.497 e. The SMILES string of the molecule is COc1ccc(OCc2ccccc2C(=N)N)c(Br)c1. The molecule has 0 atom stereocenters. The Kier molecular flexibility index (Phi) is 4.63. The highest BCUT2D eigenvalue weighted by molar-refractivity contribution is 9.10. The van der Waals surface area contributed by atoms with Gasteiger partial charge in [-0.3, -0.25) is 5.41 Å². The van der Waals surface area contributed by atoms with Gasteiger partial charge in [-0.25, -0.2) is 0 Å². The lowest BCUT2D eigenvalue weighted by atomic mass is 10.1. The highest BCUT2D eigenvalue weighted by atomic mass is 79.9. The van der Waals surface area contributed by atoms with Gasteiger partial charge in [0.05, 0.1) is 11.6 Å². The topological polar surface area (TPSA) is 68.3 Å². The molecule has 0 radical (unpaired) electrons. The Balaban J connectivity index is 2.15. The molecule has 3 N–H and O–H groups in total. The van der Waals surface area contributed by atoms with E-state index in [1.165, 1.54) is 0 Å². The average Bonchev–Trinajstić information content (AvgIpc) is 2.46. The van der Waals surface area contributed by atoms with Gasteiger partial charge in [0.15, 0.2) is 0 Å². The largest absolute Gasteiger partial charge is 0.497 e. The number of halogens is 1. The molecule has 0 bridgehead atoms. The van der Waals surface area contributed by atoms with Crippen LogP contribution in [0.1, 0.15) is 11.1 Å². The Morgan fingerprint density at radius 1 is 1.25 bits per heavy atom. The summed E-state index contributed by atoms with van der Waals surface area (Å²) in [5.41, 5.74) is 7.12. The molecule has 0 aliphatic rings. The van der Waals surface area contributed by atoms with Gasteiger partial charge < -0.3 is 15.2 Å². The maximum Gasteiger partial charge on any atom is 0.134 e. The molecule has 20 heavy (non-hydrogen) atoms. The minimum absolute atomic E-state index is 0.0398. The third-order valence-corrected chi connectivity index (χ3v) is 3.45. The van der Waals surface area contributed by atoms with Gasteiger partial charge in [-0.2, -0.15) is 0 Å². The summed E-state index contributed by atoms with van der Waals surface area (Å²) in [5.74, 6) is 1.51. The van der Waals surface area contributed by atoms with Crippen LogP contribution in [0, 0.1) is 5.41 Å². The molecule has 4 nitrogen and oxygen atoms in total. The molecule has 2 rings (SSSR count). The third-order valence-electron chi connectivity index (χ3n) is 2.83. The van der Waals surface area contributed by atoms with Crippen molar-refractivity contribution in [3.63, 3.8) is 0 Å². The van der Waals surface area contributed by atoms with Crippen LogP contribution in [0.3, 0.4) is 0 Å². The first kappa shape index (κ1) is 14.4. The Bertz CT molecular complexity index is 629. The predicted molar refractivity (Wildman–Crippen MR) is 82.5 cm³/mol. The smallest absolute Gasteiger partial charge is 0.134 e. The van der Waals surface area contributed by atoms with Crippen LogP contribution in [0.2, 0.25) is 0 Å². The molecule has 0 spiro atoms. The standard InChI is InChI=1S/C15H15BrN2O2/c1-19-11-6-7-14(13(16)8-11)20-9-10-4-2-3-5-12(10)15(17)18/h2-8H,9H2,1H3,(H3,17,18). The van der Waals surface area contributed by atoms with Crippen LogP contribution in [-0.2, 0) is 6.61 Å². The highest BCUT2D eigenvalue weighted by Crippen LogP contribution is 2.29. The summed E-state index contributed by atoms with van der Waals surface area (Å²) in [7, 11) is 1.62. The molecular formula is C15H15BrN2O2. The van der Waals surface area contributed by atoms with E-state index in [4.69, 9.17) is 20.6 Å². The number of amidine groups is 1. The van der Waals surface area contributed by atoms with E-state index in [-0.39, 0.29) is 5.84 Å². The van der Waals surface area contributed by atoms with Crippen molar-refractivity contribution in [3.8, 4) is 11.5 Å². The summed E-state index contributed by atoms with van der Waals surface area (Å²) >= 11 is 3.44. The second-order valence-corrected chi connectivity index (χ2v) is 5.01. The minimum atomic E-state index is 0.0398. The van der Waals surface area contributed by atoms with Crippen LogP contribution in [0.25, 0.3) is 0 Å². The molecule has 0 saturated heterocycles. The summed E-state index contributed by atoms with van der Waals surface area (Å²) < 4.78 is 11.7. The average molecular weight is 335 g/mol. The highest BCUT2D eigenvalue weighted by Gasteiger charge is 2.07. The predicted octanol–water partition coefficient (Wildman–Crippen LogP) is 3.32. The number of nitrogens with two attached hydrogens (primary N) is 1. The van der Waals surface area contributed by atoms with E-state index in [9.17, 15) is 0 Å². The number of rotatable bonds is 5. The quantitative estimate of drug-likeness (QED) is 0.651. The molecule has 0 aliphatic carbocycles. The molecule has 0 saturated carbocycles. The van der Waals surface area contributed by atoms with E-state index in [1.807, 2.05) is 42.5 Å². The second kappa shape index (κ2) is 6.43. The van der Waals surface area contributed by atoms with Gasteiger partial charge in [0.25, 0.3) is 0 Å². The van der Waals surface area contributed by atoms with Crippen molar-refractivity contribution in [2.24, 2.45) is 5.73 Å². The first-order valence-corrected chi connectivity index (χ1v) is 6.79. The Hall–Kier alpha value is -2.01. The maximum atomic E-state index is 7.55. The lowest BCUT2D eigenvalue weighted by Gasteiger charge is -2.12. The van der Waals surface area contributed by atoms with Gasteiger partial charge in [0, 0.05) is 11.1 Å². The van der Waals surface area contributed by atoms with Crippen LogP contribution >= 0.6 is 15.9 Å². The molecule has 2 aromatic carbocycles. The van der Waals surface area contributed by atoms with Crippen molar-refractivity contribution < 1.29 is 9.47 Å². The molecular weight excluding hydrogens is 320 g/mol. The van der Waals surface area contributed by atoms with Gasteiger partial charge in [-0.1, -0.05) is 24.3 Å². The van der Waals surface area contributed by atoms with Crippen molar-refractivity contribution in [1.82, 2.24) is 0 Å². The molecule has 0 fully saturated rings. The molecule has 0 heterocycles. The number of nitrogens with one attached hydrogen (secondary N) is 1. The van der Waals surface area contributed by atoms with Gasteiger partial charge in [0.1, 0.15) is 23.9 Å². The first-order chi connectivity index (χ1) is 9.61. The van der Waals surface area contributed by atoms with Gasteiger partial charge in [0.2, 0.25) is 0 Å². The molecule has 0 aromatic heterocycles. The van der Waals surface area contributed by atoms with Crippen LogP contribution in [-0.4, -0.2) is 12.9 Å². The first-order valence-electron chi connectivity index (χ1n) is 6.00. The van der Waals surface area contributed by atoms with Crippen LogP contribution in [0.15, 0.2) is 46.9 Å². The molecule has 0 amide bonds. The van der Waals surface area contributed by atoms with Crippen LogP contribution < -0.4 is 15.2 Å². The van der Waals surface area contributed by atoms with E-state index >= 15 is 0 Å². The summed E-state index contributed by atoms with van der Waals surface area (Å²) in [6.07, 6.45) is 0. The van der Waals surface area contributed by atoms with Crippen molar-refractivity contribution in [2.75, 3.05) is 7.11 Å². The van der Waals surface area contributed by atoms with E-state index in [0.29, 0.717) is 17.9 Å². The Morgan fingerprint density at radius 3 is 2.65 bits per heavy atom. The molecule has 0 unspecified atom stereocenters. The zero-order chi connectivity index (χ0) is 14.5. The van der Waals surface area contributed by atoms with E-state index in [0.717, 1.165) is 15.8 Å².